The summed E-state index contributed by atoms with van der Waals surface area (Å²) in [5.41, 5.74) is 0.246. The Morgan fingerprint density at radius 2 is 2.08 bits per heavy atom. The van der Waals surface area contributed by atoms with Crippen LogP contribution in [-0.4, -0.2) is 0 Å². The summed E-state index contributed by atoms with van der Waals surface area (Å²) in [6.45, 7) is 0. The first kappa shape index (κ1) is 8.56. The van der Waals surface area contributed by atoms with E-state index in [4.69, 9.17) is 10.5 Å². The van der Waals surface area contributed by atoms with Crippen LogP contribution in [0.5, 0.6) is 0 Å². The lowest BCUT2D eigenvalue weighted by molar-refractivity contribution is 0.582. The molecule has 60 valence electrons. The normalized spacial score (nSPS) is 20.7. The van der Waals surface area contributed by atoms with Crippen LogP contribution in [-0.2, 0) is 0 Å². The zero-order valence-electron chi connectivity index (χ0n) is 6.83. The predicted octanol–water partition coefficient (Wildman–Crippen LogP) is 2.32. The fourth-order valence-corrected chi connectivity index (χ4v) is 1.30. The van der Waals surface area contributed by atoms with Gasteiger partial charge in [0.2, 0.25) is 0 Å². The van der Waals surface area contributed by atoms with E-state index in [1.54, 1.807) is 6.08 Å². The summed E-state index contributed by atoms with van der Waals surface area (Å²) in [6.07, 6.45) is 9.12. The number of hydrogen-bond acceptors (Lipinski definition) is 2. The molecular formula is C10H10N2. The molecule has 0 bridgehead atoms. The van der Waals surface area contributed by atoms with Crippen molar-refractivity contribution >= 4 is 0 Å². The molecule has 0 fully saturated rings. The number of hydrogen-bond donors (Lipinski definition) is 0. The zero-order valence-corrected chi connectivity index (χ0v) is 6.83. The number of nitriles is 2. The van der Waals surface area contributed by atoms with Crippen molar-refractivity contribution < 1.29 is 0 Å². The molecule has 0 amide bonds. The summed E-state index contributed by atoms with van der Waals surface area (Å²) < 4.78 is 0. The Labute approximate surface area is 72.4 Å². The van der Waals surface area contributed by atoms with Crippen LogP contribution in [0.15, 0.2) is 23.8 Å². The molecule has 0 aromatic heterocycles. The molecule has 2 nitrogen and oxygen atoms in total. The lowest BCUT2D eigenvalue weighted by atomic mass is 9.93. The van der Waals surface area contributed by atoms with Gasteiger partial charge in [0.1, 0.15) is 17.7 Å². The molecule has 0 saturated carbocycles. The Morgan fingerprint density at radius 3 is 2.58 bits per heavy atom. The monoisotopic (exact) mass is 158 g/mol. The molecule has 1 atom stereocenters. The predicted molar refractivity (Wildman–Crippen MR) is 45.8 cm³/mol. The molecule has 1 aliphatic rings. The molecule has 2 heteroatoms. The smallest absolute Gasteiger partial charge is 0.125 e. The average Bonchev–Trinajstić information content (AvgIpc) is 2.16. The lowest BCUT2D eigenvalue weighted by Gasteiger charge is -2.12. The van der Waals surface area contributed by atoms with Crippen LogP contribution in [0.25, 0.3) is 0 Å². The Bertz CT molecular complexity index is 270. The lowest BCUT2D eigenvalue weighted by Crippen LogP contribution is -1.99. The third kappa shape index (κ3) is 2.25. The van der Waals surface area contributed by atoms with E-state index in [0.717, 1.165) is 19.3 Å². The van der Waals surface area contributed by atoms with Gasteiger partial charge in [-0.2, -0.15) is 10.5 Å². The summed E-state index contributed by atoms with van der Waals surface area (Å²) in [7, 11) is 0. The van der Waals surface area contributed by atoms with E-state index in [2.05, 4.69) is 12.2 Å². The second-order valence-corrected chi connectivity index (χ2v) is 2.85. The van der Waals surface area contributed by atoms with E-state index in [9.17, 15) is 0 Å². The molecule has 0 aromatic carbocycles. The van der Waals surface area contributed by atoms with E-state index in [-0.39, 0.29) is 5.57 Å². The second kappa shape index (κ2) is 4.36. The van der Waals surface area contributed by atoms with Crippen LogP contribution in [0.2, 0.25) is 0 Å². The van der Waals surface area contributed by atoms with Crippen molar-refractivity contribution in [2.45, 2.75) is 19.3 Å². The highest BCUT2D eigenvalue weighted by molar-refractivity contribution is 5.35. The van der Waals surface area contributed by atoms with Gasteiger partial charge in [0.15, 0.2) is 0 Å². The van der Waals surface area contributed by atoms with E-state index in [1.807, 2.05) is 12.1 Å². The van der Waals surface area contributed by atoms with Gasteiger partial charge in [-0.25, -0.2) is 0 Å². The summed E-state index contributed by atoms with van der Waals surface area (Å²) in [6, 6.07) is 3.75. The molecule has 0 aliphatic heterocycles. The van der Waals surface area contributed by atoms with Crippen LogP contribution >= 0.6 is 0 Å². The fourth-order valence-electron chi connectivity index (χ4n) is 1.30. The molecule has 0 heterocycles. The standard InChI is InChI=1S/C10H10N2/c11-7-10(8-12)6-9-4-2-1-3-5-9/h1-2,6,9H,3-5H2. The minimum atomic E-state index is 0.246. The first-order valence-corrected chi connectivity index (χ1v) is 4.04. The minimum absolute atomic E-state index is 0.246. The zero-order chi connectivity index (χ0) is 8.81. The molecule has 0 N–H and O–H groups in total. The van der Waals surface area contributed by atoms with E-state index in [1.165, 1.54) is 0 Å². The van der Waals surface area contributed by atoms with Crippen molar-refractivity contribution in [3.8, 4) is 12.1 Å². The summed E-state index contributed by atoms with van der Waals surface area (Å²) in [5.74, 6) is 0.393. The van der Waals surface area contributed by atoms with Crippen LogP contribution in [0.4, 0.5) is 0 Å². The highest BCUT2D eigenvalue weighted by Crippen LogP contribution is 2.20. The Kier molecular flexibility index (Phi) is 3.11. The van der Waals surface area contributed by atoms with Gasteiger partial charge in [-0.1, -0.05) is 18.2 Å². The van der Waals surface area contributed by atoms with Crippen LogP contribution in [0.3, 0.4) is 0 Å². The van der Waals surface area contributed by atoms with Crippen LogP contribution < -0.4 is 0 Å². The number of rotatable bonds is 1. The molecular weight excluding hydrogens is 148 g/mol. The van der Waals surface area contributed by atoms with Gasteiger partial charge in [-0.3, -0.25) is 0 Å². The van der Waals surface area contributed by atoms with Crippen LogP contribution in [0.1, 0.15) is 19.3 Å². The van der Waals surface area contributed by atoms with Crippen LogP contribution in [0, 0.1) is 28.6 Å². The number of nitrogens with zero attached hydrogens (tertiary/aromatic N) is 2. The molecule has 0 radical (unpaired) electrons. The van der Waals surface area contributed by atoms with Crippen molar-refractivity contribution in [3.05, 3.63) is 23.8 Å². The highest BCUT2D eigenvalue weighted by Gasteiger charge is 2.07. The first-order chi connectivity index (χ1) is 5.86. The maximum Gasteiger partial charge on any atom is 0.125 e. The summed E-state index contributed by atoms with van der Waals surface area (Å²) in [5, 5.41) is 17.0. The molecule has 12 heavy (non-hydrogen) atoms. The Morgan fingerprint density at radius 1 is 1.33 bits per heavy atom. The van der Waals surface area contributed by atoms with Gasteiger partial charge < -0.3 is 0 Å². The summed E-state index contributed by atoms with van der Waals surface area (Å²) >= 11 is 0. The Balaban J connectivity index is 2.62. The Hall–Kier alpha value is -1.54. The summed E-state index contributed by atoms with van der Waals surface area (Å²) in [4.78, 5) is 0. The largest absolute Gasteiger partial charge is 0.192 e. The van der Waals surface area contributed by atoms with Crippen molar-refractivity contribution in [2.24, 2.45) is 5.92 Å². The second-order valence-electron chi connectivity index (χ2n) is 2.85. The minimum Gasteiger partial charge on any atom is -0.192 e. The van der Waals surface area contributed by atoms with Crippen molar-refractivity contribution in [2.75, 3.05) is 0 Å². The molecule has 1 rings (SSSR count). The van der Waals surface area contributed by atoms with E-state index < -0.39 is 0 Å². The maximum absolute atomic E-state index is 8.50. The third-order valence-electron chi connectivity index (χ3n) is 1.95. The van der Waals surface area contributed by atoms with E-state index in [0.29, 0.717) is 5.92 Å². The molecule has 0 aromatic rings. The van der Waals surface area contributed by atoms with E-state index >= 15 is 0 Å². The van der Waals surface area contributed by atoms with Crippen molar-refractivity contribution in [1.29, 1.82) is 10.5 Å². The molecule has 0 saturated heterocycles. The highest BCUT2D eigenvalue weighted by atomic mass is 14.3. The quantitative estimate of drug-likeness (QED) is 0.434. The fraction of sp³-hybridized carbons (Fsp3) is 0.400. The van der Waals surface area contributed by atoms with Gasteiger partial charge in [-0.15, -0.1) is 0 Å². The first-order valence-electron chi connectivity index (χ1n) is 4.04. The van der Waals surface area contributed by atoms with Gasteiger partial charge in [0.25, 0.3) is 0 Å². The number of allylic oxidation sites excluding steroid dienone is 4. The SMILES string of the molecule is N#CC(C#N)=CC1CC=CCC1. The third-order valence-corrected chi connectivity index (χ3v) is 1.95. The average molecular weight is 158 g/mol. The van der Waals surface area contributed by atoms with Gasteiger partial charge in [-0.05, 0) is 25.2 Å². The molecule has 1 unspecified atom stereocenters. The van der Waals surface area contributed by atoms with Crippen molar-refractivity contribution in [1.82, 2.24) is 0 Å². The van der Waals surface area contributed by atoms with Gasteiger partial charge >= 0.3 is 0 Å². The van der Waals surface area contributed by atoms with Gasteiger partial charge in [0.05, 0.1) is 0 Å². The van der Waals surface area contributed by atoms with Gasteiger partial charge in [0, 0.05) is 0 Å². The molecule has 0 spiro atoms. The molecule has 1 aliphatic carbocycles. The topological polar surface area (TPSA) is 47.6 Å². The van der Waals surface area contributed by atoms with Crippen molar-refractivity contribution in [3.63, 3.8) is 0 Å². The maximum atomic E-state index is 8.50.